The van der Waals surface area contributed by atoms with E-state index in [0.717, 1.165) is 17.1 Å². The minimum atomic E-state index is -0.283. The fraction of sp³-hybridized carbons (Fsp3) is 0.175. The van der Waals surface area contributed by atoms with Crippen molar-refractivity contribution in [2.45, 2.75) is 90.9 Å². The second-order valence-electron chi connectivity index (χ2n) is 27.0. The van der Waals surface area contributed by atoms with Gasteiger partial charge in [0, 0.05) is 75.9 Å². The number of rotatable bonds is 8. The van der Waals surface area contributed by atoms with Crippen LogP contribution in [0.5, 0.6) is 0 Å². The molecule has 3 nitrogen and oxygen atoms in total. The van der Waals surface area contributed by atoms with Crippen LogP contribution in [0.3, 0.4) is 0 Å². The van der Waals surface area contributed by atoms with E-state index in [-0.39, 0.29) is 28.4 Å². The van der Waals surface area contributed by atoms with Gasteiger partial charge < -0.3 is 14.4 Å². The van der Waals surface area contributed by atoms with Gasteiger partial charge in [0.1, 0.15) is 0 Å². The summed E-state index contributed by atoms with van der Waals surface area (Å²) in [6, 6.07) is 92.7. The zero-order valence-corrected chi connectivity index (χ0v) is 51.2. The lowest BCUT2D eigenvalue weighted by Gasteiger charge is -2.45. The SMILES string of the molecule is CC(C)(C)c1ccc2c(c1)c1cc(C(C)(C)C)ccc1n2-c1cc2c3c(c1)N(c1ccc(-c4ccccc4)cc1)c1cc4c(cc1B3c1cc(C(C)(C)c3ccccc3)ccc1N2c1ccc(C(C)(C)c2ccccc2)cc1)sc1ccccc14. The average molecular weight is 1120 g/mol. The van der Waals surface area contributed by atoms with Crippen molar-refractivity contribution in [2.24, 2.45) is 0 Å². The average Bonchev–Trinajstić information content (AvgIpc) is 1.47. The molecule has 0 aliphatic carbocycles. The van der Waals surface area contributed by atoms with Crippen LogP contribution in [0.4, 0.5) is 34.1 Å². The predicted octanol–water partition coefficient (Wildman–Crippen LogP) is 20.1. The van der Waals surface area contributed by atoms with Gasteiger partial charge in [0.05, 0.1) is 16.7 Å². The standard InChI is InChI=1S/C80H70BN3S/c1-77(2,3)56-34-41-68-63(44-56)64-45-57(78(4,5)6)35-42-69(64)84(68)61-47-72-76-73(48-61)83(59-37-30-52(31-38-59)51-22-14-11-15-23-51)71-49-65-62-28-20-21-29-74(62)85-75(65)50-67(71)81(76)66-46-58(80(9,10)54-26-18-13-19-27-54)36-43-70(66)82(72)60-39-32-55(33-40-60)79(7,8)53-24-16-12-17-25-53/h11-50H,1-10H3. The molecule has 2 aromatic heterocycles. The first-order valence-corrected chi connectivity index (χ1v) is 31.1. The molecule has 2 aliphatic heterocycles. The van der Waals surface area contributed by atoms with Gasteiger partial charge in [-0.2, -0.15) is 0 Å². The molecule has 0 bridgehead atoms. The van der Waals surface area contributed by atoms with Gasteiger partial charge in [-0.05, 0) is 157 Å². The van der Waals surface area contributed by atoms with Crippen molar-refractivity contribution >= 4 is 111 Å². The Labute approximate surface area is 505 Å². The number of anilines is 6. The Morgan fingerprint density at radius 2 is 0.765 bits per heavy atom. The number of aromatic nitrogens is 1. The Bertz CT molecular complexity index is 4700. The molecule has 11 aromatic carbocycles. The predicted molar refractivity (Wildman–Crippen MR) is 368 cm³/mol. The molecule has 0 unspecified atom stereocenters. The molecule has 15 rings (SSSR count). The monoisotopic (exact) mass is 1120 g/mol. The van der Waals surface area contributed by atoms with Crippen molar-refractivity contribution in [2.75, 3.05) is 9.80 Å². The summed E-state index contributed by atoms with van der Waals surface area (Å²) in [4.78, 5) is 5.22. The summed E-state index contributed by atoms with van der Waals surface area (Å²) in [7, 11) is 0. The minimum Gasteiger partial charge on any atom is -0.311 e. The fourth-order valence-corrected chi connectivity index (χ4v) is 15.2. The third kappa shape index (κ3) is 8.52. The molecular weight excluding hydrogens is 1050 g/mol. The lowest BCUT2D eigenvalue weighted by atomic mass is 9.33. The van der Waals surface area contributed by atoms with Crippen LogP contribution in [0.25, 0.3) is 58.8 Å². The van der Waals surface area contributed by atoms with E-state index in [9.17, 15) is 0 Å². The highest BCUT2D eigenvalue weighted by Crippen LogP contribution is 2.50. The highest BCUT2D eigenvalue weighted by Gasteiger charge is 2.45. The molecule has 0 spiro atoms. The summed E-state index contributed by atoms with van der Waals surface area (Å²) in [6.07, 6.45) is 0. The van der Waals surface area contributed by atoms with Crippen molar-refractivity contribution in [3.63, 3.8) is 0 Å². The van der Waals surface area contributed by atoms with Crippen molar-refractivity contribution in [3.05, 3.63) is 276 Å². The summed E-state index contributed by atoms with van der Waals surface area (Å²) in [5, 5.41) is 5.12. The van der Waals surface area contributed by atoms with Crippen molar-refractivity contribution in [3.8, 4) is 16.8 Å². The van der Waals surface area contributed by atoms with E-state index in [4.69, 9.17) is 0 Å². The smallest absolute Gasteiger partial charge is 0.252 e. The summed E-state index contributed by atoms with van der Waals surface area (Å²) < 4.78 is 5.18. The molecular formula is C80H70BN3S. The Morgan fingerprint density at radius 1 is 0.306 bits per heavy atom. The maximum atomic E-state index is 2.62. The quantitative estimate of drug-likeness (QED) is 0.141. The molecule has 13 aromatic rings. The van der Waals surface area contributed by atoms with Crippen molar-refractivity contribution < 1.29 is 0 Å². The van der Waals surface area contributed by atoms with Gasteiger partial charge in [-0.1, -0.05) is 227 Å². The summed E-state index contributed by atoms with van der Waals surface area (Å²) in [5.74, 6) is 0. The number of nitrogens with zero attached hydrogens (tertiary/aromatic N) is 3. The Kier molecular flexibility index (Phi) is 12.0. The third-order valence-electron chi connectivity index (χ3n) is 19.1. The van der Waals surface area contributed by atoms with Gasteiger partial charge in [-0.25, -0.2) is 0 Å². The Hall–Kier alpha value is -8.90. The maximum Gasteiger partial charge on any atom is 0.252 e. The van der Waals surface area contributed by atoms with Crippen molar-refractivity contribution in [1.82, 2.24) is 4.57 Å². The van der Waals surface area contributed by atoms with Gasteiger partial charge in [0.2, 0.25) is 0 Å². The number of hydrogen-bond donors (Lipinski definition) is 0. The first-order valence-electron chi connectivity index (χ1n) is 30.3. The van der Waals surface area contributed by atoms with Gasteiger partial charge in [-0.3, -0.25) is 0 Å². The molecule has 85 heavy (non-hydrogen) atoms. The summed E-state index contributed by atoms with van der Waals surface area (Å²) in [5.41, 5.74) is 24.0. The van der Waals surface area contributed by atoms with Gasteiger partial charge >= 0.3 is 0 Å². The van der Waals surface area contributed by atoms with E-state index >= 15 is 0 Å². The lowest BCUT2D eigenvalue weighted by molar-refractivity contribution is 0.590. The number of thiophene rings is 1. The Balaban J connectivity index is 1.07. The second kappa shape index (κ2) is 19.3. The first kappa shape index (κ1) is 52.9. The zero-order valence-electron chi connectivity index (χ0n) is 50.4. The highest BCUT2D eigenvalue weighted by atomic mass is 32.1. The van der Waals surface area contributed by atoms with E-state index in [1.165, 1.54) is 126 Å². The number of hydrogen-bond acceptors (Lipinski definition) is 3. The van der Waals surface area contributed by atoms with Crippen LogP contribution < -0.4 is 26.2 Å². The van der Waals surface area contributed by atoms with E-state index in [1.54, 1.807) is 0 Å². The van der Waals surface area contributed by atoms with E-state index in [1.807, 2.05) is 11.3 Å². The Morgan fingerprint density at radius 3 is 1.34 bits per heavy atom. The van der Waals surface area contributed by atoms with Crippen LogP contribution in [-0.4, -0.2) is 11.3 Å². The van der Waals surface area contributed by atoms with Crippen LogP contribution in [0.2, 0.25) is 0 Å². The molecule has 5 heteroatoms. The topological polar surface area (TPSA) is 11.4 Å². The van der Waals surface area contributed by atoms with Gasteiger partial charge in [0.15, 0.2) is 0 Å². The number of benzene rings is 11. The molecule has 2 aliphatic rings. The molecule has 0 atom stereocenters. The molecule has 4 heterocycles. The van der Waals surface area contributed by atoms with Crippen LogP contribution in [0, 0.1) is 0 Å². The van der Waals surface area contributed by atoms with E-state index in [0.29, 0.717) is 0 Å². The highest BCUT2D eigenvalue weighted by molar-refractivity contribution is 7.26. The molecule has 0 fully saturated rings. The molecule has 0 saturated heterocycles. The normalized spacial score (nSPS) is 13.5. The molecule has 414 valence electrons. The fourth-order valence-electron chi connectivity index (χ4n) is 14.0. The molecule has 0 N–H and O–H groups in total. The number of fused-ring (bicyclic) bond motifs is 10. The largest absolute Gasteiger partial charge is 0.311 e. The third-order valence-corrected chi connectivity index (χ3v) is 20.2. The van der Waals surface area contributed by atoms with Crippen LogP contribution in [0.15, 0.2) is 243 Å². The second-order valence-corrected chi connectivity index (χ2v) is 28.1. The van der Waals surface area contributed by atoms with Crippen LogP contribution in [0.1, 0.15) is 103 Å². The minimum absolute atomic E-state index is 0.0334. The summed E-state index contributed by atoms with van der Waals surface area (Å²) >= 11 is 1.91. The zero-order chi connectivity index (χ0) is 58.3. The molecule has 0 radical (unpaired) electrons. The molecule has 0 amide bonds. The maximum absolute atomic E-state index is 2.62. The summed E-state index contributed by atoms with van der Waals surface area (Å²) in [6.45, 7) is 23.3. The van der Waals surface area contributed by atoms with E-state index < -0.39 is 0 Å². The van der Waals surface area contributed by atoms with Gasteiger partial charge in [0.25, 0.3) is 6.71 Å². The first-order chi connectivity index (χ1) is 40.9. The van der Waals surface area contributed by atoms with E-state index in [2.05, 4.69) is 326 Å². The van der Waals surface area contributed by atoms with Crippen LogP contribution in [-0.2, 0) is 21.7 Å². The van der Waals surface area contributed by atoms with Crippen LogP contribution >= 0.6 is 11.3 Å². The molecule has 0 saturated carbocycles. The van der Waals surface area contributed by atoms with Crippen molar-refractivity contribution in [1.29, 1.82) is 0 Å². The lowest BCUT2D eigenvalue weighted by Crippen LogP contribution is -2.61. The van der Waals surface area contributed by atoms with Gasteiger partial charge in [-0.15, -0.1) is 11.3 Å².